The molecule has 26 heavy (non-hydrogen) atoms. The molecule has 0 aliphatic heterocycles. The molecule has 1 aromatic heterocycles. The Kier molecular flexibility index (Phi) is 5.26. The number of ketones is 1. The van der Waals surface area contributed by atoms with Crippen LogP contribution in [0.2, 0.25) is 5.02 Å². The van der Waals surface area contributed by atoms with Crippen LogP contribution in [0.25, 0.3) is 0 Å². The highest BCUT2D eigenvalue weighted by Crippen LogP contribution is 2.43. The van der Waals surface area contributed by atoms with Crippen LogP contribution in [0.3, 0.4) is 0 Å². The second-order valence-electron chi connectivity index (χ2n) is 6.17. The van der Waals surface area contributed by atoms with Gasteiger partial charge in [0, 0.05) is 10.7 Å². The topological polar surface area (TPSA) is 30.0 Å². The van der Waals surface area contributed by atoms with E-state index < -0.39 is 11.4 Å². The average molecular weight is 433 g/mol. The fraction of sp³-hybridized carbons (Fsp3) is 0.143. The fourth-order valence-electron chi connectivity index (χ4n) is 3.28. The van der Waals surface area contributed by atoms with Gasteiger partial charge in [-0.15, -0.1) is 0 Å². The minimum Gasteiger partial charge on any atom is -0.298 e. The van der Waals surface area contributed by atoms with Crippen molar-refractivity contribution in [2.45, 2.75) is 19.3 Å². The Morgan fingerprint density at radius 3 is 2.15 bits per heavy atom. The van der Waals surface area contributed by atoms with Crippen molar-refractivity contribution in [3.8, 4) is 0 Å². The largest absolute Gasteiger partial charge is 0.298 e. The van der Waals surface area contributed by atoms with Gasteiger partial charge in [-0.1, -0.05) is 69.5 Å². The quantitative estimate of drug-likeness (QED) is 0.483. The Labute approximate surface area is 165 Å². The first-order chi connectivity index (χ1) is 12.4. The number of rotatable bonds is 4. The SMILES string of the molecule is CC(=O)C(c1ccc(C)cc1)(c1ccc(Br)cc1)c1cc(F)ncc1Cl. The Morgan fingerprint density at radius 2 is 1.62 bits per heavy atom. The number of halogens is 3. The highest BCUT2D eigenvalue weighted by molar-refractivity contribution is 9.10. The lowest BCUT2D eigenvalue weighted by Crippen LogP contribution is -2.37. The number of aryl methyl sites for hydroxylation is 1. The molecule has 2 aromatic carbocycles. The van der Waals surface area contributed by atoms with Crippen LogP contribution in [0.4, 0.5) is 4.39 Å². The van der Waals surface area contributed by atoms with Crippen molar-refractivity contribution >= 4 is 33.3 Å². The van der Waals surface area contributed by atoms with Gasteiger partial charge in [-0.25, -0.2) is 4.98 Å². The molecule has 0 saturated carbocycles. The lowest BCUT2D eigenvalue weighted by molar-refractivity contribution is -0.119. The third-order valence-electron chi connectivity index (χ3n) is 4.52. The number of carbonyl (C=O) groups excluding carboxylic acids is 1. The molecular formula is C21H16BrClFNO. The molecule has 0 saturated heterocycles. The first-order valence-corrected chi connectivity index (χ1v) is 9.18. The molecule has 1 unspecified atom stereocenters. The van der Waals surface area contributed by atoms with Crippen LogP contribution in [0.5, 0.6) is 0 Å². The van der Waals surface area contributed by atoms with E-state index in [-0.39, 0.29) is 10.8 Å². The van der Waals surface area contributed by atoms with E-state index in [0.717, 1.165) is 15.6 Å². The van der Waals surface area contributed by atoms with E-state index in [1.54, 1.807) is 0 Å². The number of Topliss-reactive ketones (excluding diaryl/α,β-unsaturated/α-hetero) is 1. The minimum atomic E-state index is -1.23. The summed E-state index contributed by atoms with van der Waals surface area (Å²) in [7, 11) is 0. The van der Waals surface area contributed by atoms with Gasteiger partial charge in [-0.05, 0) is 48.7 Å². The van der Waals surface area contributed by atoms with E-state index in [0.29, 0.717) is 11.1 Å². The zero-order valence-corrected chi connectivity index (χ0v) is 16.6. The fourth-order valence-corrected chi connectivity index (χ4v) is 3.79. The molecule has 132 valence electrons. The monoisotopic (exact) mass is 431 g/mol. The number of hydrogen-bond donors (Lipinski definition) is 0. The number of pyridine rings is 1. The maximum absolute atomic E-state index is 14.0. The van der Waals surface area contributed by atoms with Crippen LogP contribution < -0.4 is 0 Å². The van der Waals surface area contributed by atoms with Crippen molar-refractivity contribution in [2.75, 3.05) is 0 Å². The minimum absolute atomic E-state index is 0.156. The third kappa shape index (κ3) is 3.19. The van der Waals surface area contributed by atoms with Gasteiger partial charge in [-0.3, -0.25) is 4.79 Å². The molecule has 3 rings (SSSR count). The summed E-state index contributed by atoms with van der Waals surface area (Å²) in [6, 6.07) is 16.3. The summed E-state index contributed by atoms with van der Waals surface area (Å²) in [4.78, 5) is 16.7. The van der Waals surface area contributed by atoms with Crippen molar-refractivity contribution in [2.24, 2.45) is 0 Å². The van der Waals surface area contributed by atoms with Crippen molar-refractivity contribution in [1.29, 1.82) is 0 Å². The van der Waals surface area contributed by atoms with E-state index >= 15 is 0 Å². The number of nitrogens with zero attached hydrogens (tertiary/aromatic N) is 1. The van der Waals surface area contributed by atoms with Crippen molar-refractivity contribution in [1.82, 2.24) is 4.98 Å². The van der Waals surface area contributed by atoms with Gasteiger partial charge >= 0.3 is 0 Å². The molecule has 0 amide bonds. The summed E-state index contributed by atoms with van der Waals surface area (Å²) >= 11 is 9.81. The van der Waals surface area contributed by atoms with Crippen molar-refractivity contribution in [3.05, 3.63) is 98.5 Å². The standard InChI is InChI=1S/C21H16BrClFNO/c1-13-3-5-15(6-4-13)21(14(2)26,16-7-9-17(22)10-8-16)18-11-20(24)25-12-19(18)23/h3-12H,1-2H3. The van der Waals surface area contributed by atoms with Crippen LogP contribution in [0.15, 0.2) is 65.3 Å². The predicted molar refractivity (Wildman–Crippen MR) is 105 cm³/mol. The average Bonchev–Trinajstić information content (AvgIpc) is 2.61. The lowest BCUT2D eigenvalue weighted by atomic mass is 9.67. The Hall–Kier alpha value is -2.04. The molecular weight excluding hydrogens is 417 g/mol. The molecule has 1 heterocycles. The highest BCUT2D eigenvalue weighted by Gasteiger charge is 2.43. The molecule has 0 N–H and O–H groups in total. The highest BCUT2D eigenvalue weighted by atomic mass is 79.9. The summed E-state index contributed by atoms with van der Waals surface area (Å²) in [5.74, 6) is -0.838. The zero-order valence-electron chi connectivity index (χ0n) is 14.3. The van der Waals surface area contributed by atoms with Gasteiger partial charge in [-0.2, -0.15) is 4.39 Å². The first-order valence-electron chi connectivity index (χ1n) is 8.01. The van der Waals surface area contributed by atoms with Crippen LogP contribution in [0, 0.1) is 12.9 Å². The van der Waals surface area contributed by atoms with Crippen molar-refractivity contribution < 1.29 is 9.18 Å². The van der Waals surface area contributed by atoms with Crippen LogP contribution in [0.1, 0.15) is 29.2 Å². The van der Waals surface area contributed by atoms with Crippen LogP contribution in [-0.4, -0.2) is 10.8 Å². The second-order valence-corrected chi connectivity index (χ2v) is 7.49. The molecule has 0 spiro atoms. The number of aromatic nitrogens is 1. The van der Waals surface area contributed by atoms with E-state index in [1.807, 2.05) is 55.5 Å². The molecule has 5 heteroatoms. The Morgan fingerprint density at radius 1 is 1.08 bits per heavy atom. The third-order valence-corrected chi connectivity index (χ3v) is 5.35. The first kappa shape index (κ1) is 18.7. The number of benzene rings is 2. The second kappa shape index (κ2) is 7.29. The van der Waals surface area contributed by atoms with E-state index in [1.165, 1.54) is 19.2 Å². The molecule has 0 bridgehead atoms. The maximum Gasteiger partial charge on any atom is 0.213 e. The lowest BCUT2D eigenvalue weighted by Gasteiger charge is -2.34. The summed E-state index contributed by atoms with van der Waals surface area (Å²) in [6.07, 6.45) is 1.25. The van der Waals surface area contributed by atoms with Gasteiger partial charge in [0.15, 0.2) is 0 Å². The van der Waals surface area contributed by atoms with E-state index in [2.05, 4.69) is 20.9 Å². The molecule has 2 nitrogen and oxygen atoms in total. The molecule has 0 aliphatic carbocycles. The zero-order chi connectivity index (χ0) is 18.9. The summed E-state index contributed by atoms with van der Waals surface area (Å²) in [5.41, 5.74) is 1.66. The molecule has 1 atom stereocenters. The Bertz CT molecular complexity index is 909. The molecule has 0 radical (unpaired) electrons. The predicted octanol–water partition coefficient (Wildman–Crippen LogP) is 5.87. The molecule has 0 aliphatic rings. The van der Waals surface area contributed by atoms with E-state index in [9.17, 15) is 9.18 Å². The summed E-state index contributed by atoms with van der Waals surface area (Å²) < 4.78 is 14.9. The van der Waals surface area contributed by atoms with E-state index in [4.69, 9.17) is 11.6 Å². The Balaban J connectivity index is 2.43. The molecule has 0 fully saturated rings. The van der Waals surface area contributed by atoms with Crippen LogP contribution in [-0.2, 0) is 10.2 Å². The van der Waals surface area contributed by atoms with Crippen molar-refractivity contribution in [3.63, 3.8) is 0 Å². The normalized spacial score (nSPS) is 13.3. The number of carbonyl (C=O) groups is 1. The van der Waals surface area contributed by atoms with Gasteiger partial charge in [0.25, 0.3) is 0 Å². The summed E-state index contributed by atoms with van der Waals surface area (Å²) in [6.45, 7) is 3.47. The van der Waals surface area contributed by atoms with Crippen LogP contribution >= 0.6 is 27.5 Å². The van der Waals surface area contributed by atoms with Gasteiger partial charge < -0.3 is 0 Å². The number of hydrogen-bond acceptors (Lipinski definition) is 2. The maximum atomic E-state index is 14.0. The van der Waals surface area contributed by atoms with Gasteiger partial charge in [0.05, 0.1) is 5.02 Å². The smallest absolute Gasteiger partial charge is 0.213 e. The van der Waals surface area contributed by atoms with Gasteiger partial charge in [0.2, 0.25) is 5.95 Å². The summed E-state index contributed by atoms with van der Waals surface area (Å²) in [5, 5.41) is 0.241. The molecule has 3 aromatic rings. The van der Waals surface area contributed by atoms with Gasteiger partial charge in [0.1, 0.15) is 11.2 Å².